The molecule has 1 aromatic heterocycles. The lowest BCUT2D eigenvalue weighted by molar-refractivity contribution is 1.09. The number of aromatic nitrogens is 1. The number of hydrogen-bond acceptors (Lipinski definition) is 4. The molecule has 1 aromatic rings. The number of pyridine rings is 1. The largest absolute Gasteiger partial charge is 0.394 e. The molecular weight excluding hydrogens is 194 g/mol. The van der Waals surface area contributed by atoms with Gasteiger partial charge in [-0.2, -0.15) is 5.26 Å². The van der Waals surface area contributed by atoms with Crippen LogP contribution in [0.15, 0.2) is 29.9 Å². The summed E-state index contributed by atoms with van der Waals surface area (Å²) >= 11 is 1.48. The molecule has 0 unspecified atom stereocenters. The van der Waals surface area contributed by atoms with Crippen molar-refractivity contribution in [3.05, 3.63) is 41.2 Å². The maximum atomic E-state index is 8.44. The first-order valence-corrected chi connectivity index (χ1v) is 5.09. The average molecular weight is 205 g/mol. The molecule has 0 saturated carbocycles. The third kappa shape index (κ3) is 3.50. The first-order chi connectivity index (χ1) is 6.72. The Morgan fingerprint density at radius 3 is 2.93 bits per heavy atom. The Bertz CT molecular complexity index is 351. The Kier molecular flexibility index (Phi) is 4.02. The van der Waals surface area contributed by atoms with Gasteiger partial charge in [0.05, 0.1) is 23.2 Å². The summed E-state index contributed by atoms with van der Waals surface area (Å²) in [5.41, 5.74) is 7.31. The predicted molar refractivity (Wildman–Crippen MR) is 58.2 cm³/mol. The van der Waals surface area contributed by atoms with E-state index in [1.807, 2.05) is 12.1 Å². The van der Waals surface area contributed by atoms with Crippen molar-refractivity contribution in [3.8, 4) is 6.07 Å². The summed E-state index contributed by atoms with van der Waals surface area (Å²) in [5.74, 6) is 0.773. The molecule has 0 saturated heterocycles. The predicted octanol–water partition coefficient (Wildman–Crippen LogP) is 1.81. The topological polar surface area (TPSA) is 62.7 Å². The van der Waals surface area contributed by atoms with Crippen molar-refractivity contribution >= 4 is 11.8 Å². The molecule has 0 aliphatic carbocycles. The molecule has 0 amide bonds. The average Bonchev–Trinajstić information content (AvgIpc) is 2.17. The van der Waals surface area contributed by atoms with Gasteiger partial charge >= 0.3 is 0 Å². The molecule has 0 bridgehead atoms. The molecule has 4 heteroatoms. The van der Waals surface area contributed by atoms with Crippen LogP contribution in [0.2, 0.25) is 0 Å². The van der Waals surface area contributed by atoms with Crippen LogP contribution in [0, 0.1) is 11.3 Å². The van der Waals surface area contributed by atoms with Gasteiger partial charge in [0.2, 0.25) is 0 Å². The Hall–Kier alpha value is -1.47. The first-order valence-electron chi connectivity index (χ1n) is 4.10. The van der Waals surface area contributed by atoms with Gasteiger partial charge in [-0.15, -0.1) is 11.8 Å². The van der Waals surface area contributed by atoms with E-state index in [2.05, 4.69) is 17.6 Å². The van der Waals surface area contributed by atoms with Crippen LogP contribution in [0.5, 0.6) is 0 Å². The summed E-state index contributed by atoms with van der Waals surface area (Å²) in [7, 11) is 0. The highest BCUT2D eigenvalue weighted by molar-refractivity contribution is 8.02. The SMILES string of the molecule is C=C(N)SCc1ccc(CC#N)nc1. The van der Waals surface area contributed by atoms with E-state index in [4.69, 9.17) is 11.0 Å². The number of nitrogens with two attached hydrogens (primary N) is 1. The Balaban J connectivity index is 2.56. The monoisotopic (exact) mass is 205 g/mol. The smallest absolute Gasteiger partial charge is 0.0774 e. The van der Waals surface area contributed by atoms with Gasteiger partial charge in [0.15, 0.2) is 0 Å². The van der Waals surface area contributed by atoms with Gasteiger partial charge in [-0.05, 0) is 11.6 Å². The van der Waals surface area contributed by atoms with Crippen LogP contribution in [0.3, 0.4) is 0 Å². The molecule has 0 aliphatic heterocycles. The number of nitrogens with zero attached hydrogens (tertiary/aromatic N) is 2. The van der Waals surface area contributed by atoms with Gasteiger partial charge in [-0.25, -0.2) is 0 Å². The molecule has 0 aliphatic rings. The van der Waals surface area contributed by atoms with Gasteiger partial charge in [0.1, 0.15) is 0 Å². The number of thioether (sulfide) groups is 1. The Morgan fingerprint density at radius 2 is 2.43 bits per heavy atom. The van der Waals surface area contributed by atoms with Gasteiger partial charge in [0.25, 0.3) is 0 Å². The molecule has 0 atom stereocenters. The molecule has 1 heterocycles. The van der Waals surface area contributed by atoms with Crippen LogP contribution >= 0.6 is 11.8 Å². The van der Waals surface area contributed by atoms with E-state index >= 15 is 0 Å². The minimum Gasteiger partial charge on any atom is -0.394 e. The zero-order chi connectivity index (χ0) is 10.4. The molecule has 0 radical (unpaired) electrons. The molecule has 3 nitrogen and oxygen atoms in total. The summed E-state index contributed by atoms with van der Waals surface area (Å²) in [6, 6.07) is 5.87. The van der Waals surface area contributed by atoms with E-state index < -0.39 is 0 Å². The third-order valence-electron chi connectivity index (χ3n) is 1.57. The summed E-state index contributed by atoms with van der Waals surface area (Å²) < 4.78 is 0. The van der Waals surface area contributed by atoms with Crippen molar-refractivity contribution in [2.45, 2.75) is 12.2 Å². The molecule has 0 aromatic carbocycles. The van der Waals surface area contributed by atoms with Crippen molar-refractivity contribution in [3.63, 3.8) is 0 Å². The van der Waals surface area contributed by atoms with Crippen LogP contribution in [-0.2, 0) is 12.2 Å². The van der Waals surface area contributed by atoms with E-state index in [1.54, 1.807) is 6.20 Å². The zero-order valence-corrected chi connectivity index (χ0v) is 8.55. The van der Waals surface area contributed by atoms with Crippen LogP contribution in [0.25, 0.3) is 0 Å². The zero-order valence-electron chi connectivity index (χ0n) is 7.73. The fourth-order valence-electron chi connectivity index (χ4n) is 0.902. The quantitative estimate of drug-likeness (QED) is 0.814. The van der Waals surface area contributed by atoms with E-state index in [0.717, 1.165) is 17.0 Å². The van der Waals surface area contributed by atoms with Crippen molar-refractivity contribution in [1.29, 1.82) is 5.26 Å². The second kappa shape index (κ2) is 5.30. The summed E-state index contributed by atoms with van der Waals surface area (Å²) in [6.45, 7) is 3.59. The summed E-state index contributed by atoms with van der Waals surface area (Å²) in [5, 5.41) is 9.05. The first kappa shape index (κ1) is 10.6. The molecule has 2 N–H and O–H groups in total. The fraction of sp³-hybridized carbons (Fsp3) is 0.200. The minimum atomic E-state index is 0.358. The second-order valence-electron chi connectivity index (χ2n) is 2.75. The van der Waals surface area contributed by atoms with Gasteiger partial charge in [0, 0.05) is 11.9 Å². The van der Waals surface area contributed by atoms with Crippen LogP contribution in [0.1, 0.15) is 11.3 Å². The lowest BCUT2D eigenvalue weighted by Crippen LogP contribution is -1.92. The molecule has 0 fully saturated rings. The highest BCUT2D eigenvalue weighted by Crippen LogP contribution is 2.15. The highest BCUT2D eigenvalue weighted by atomic mass is 32.2. The standard InChI is InChI=1S/C10H11N3S/c1-8(12)14-7-9-2-3-10(4-5-11)13-6-9/h2-3,6H,1,4,7,12H2. The number of nitriles is 1. The third-order valence-corrected chi connectivity index (χ3v) is 2.42. The maximum Gasteiger partial charge on any atom is 0.0774 e. The van der Waals surface area contributed by atoms with Gasteiger partial charge in [-0.3, -0.25) is 4.98 Å². The lowest BCUT2D eigenvalue weighted by atomic mass is 10.2. The lowest BCUT2D eigenvalue weighted by Gasteiger charge is -2.00. The second-order valence-corrected chi connectivity index (χ2v) is 3.85. The molecular formula is C10H11N3S. The van der Waals surface area contributed by atoms with E-state index in [9.17, 15) is 0 Å². The number of hydrogen-bond donors (Lipinski definition) is 1. The van der Waals surface area contributed by atoms with E-state index in [-0.39, 0.29) is 0 Å². The molecule has 1 rings (SSSR count). The van der Waals surface area contributed by atoms with Crippen molar-refractivity contribution < 1.29 is 0 Å². The van der Waals surface area contributed by atoms with Crippen LogP contribution < -0.4 is 5.73 Å². The minimum absolute atomic E-state index is 0.358. The Labute approximate surface area is 87.6 Å². The van der Waals surface area contributed by atoms with Gasteiger partial charge < -0.3 is 5.73 Å². The van der Waals surface area contributed by atoms with Crippen molar-refractivity contribution in [2.75, 3.05) is 0 Å². The summed E-state index contributed by atoms with van der Waals surface area (Å²) in [6.07, 6.45) is 2.12. The van der Waals surface area contributed by atoms with Crippen LogP contribution in [-0.4, -0.2) is 4.98 Å². The van der Waals surface area contributed by atoms with Gasteiger partial charge in [-0.1, -0.05) is 12.6 Å². The highest BCUT2D eigenvalue weighted by Gasteiger charge is 1.96. The maximum absolute atomic E-state index is 8.44. The molecule has 72 valence electrons. The van der Waals surface area contributed by atoms with E-state index in [0.29, 0.717) is 11.4 Å². The summed E-state index contributed by atoms with van der Waals surface area (Å²) in [4.78, 5) is 4.14. The number of rotatable bonds is 4. The van der Waals surface area contributed by atoms with E-state index in [1.165, 1.54) is 11.8 Å². The normalized spacial score (nSPS) is 9.36. The fourth-order valence-corrected chi connectivity index (χ4v) is 1.42. The van der Waals surface area contributed by atoms with Crippen molar-refractivity contribution in [2.24, 2.45) is 5.73 Å². The van der Waals surface area contributed by atoms with Crippen molar-refractivity contribution in [1.82, 2.24) is 4.98 Å². The Morgan fingerprint density at radius 1 is 1.64 bits per heavy atom. The molecule has 0 spiro atoms. The van der Waals surface area contributed by atoms with Crippen LogP contribution in [0.4, 0.5) is 0 Å². The molecule has 14 heavy (non-hydrogen) atoms.